The van der Waals surface area contributed by atoms with Crippen LogP contribution in [0.4, 0.5) is 5.69 Å². The summed E-state index contributed by atoms with van der Waals surface area (Å²) in [5.41, 5.74) is 1.95. The zero-order chi connectivity index (χ0) is 13.8. The molecular weight excluding hydrogens is 258 g/mol. The lowest BCUT2D eigenvalue weighted by atomic mass is 10.1. The molecule has 0 aliphatic carbocycles. The maximum Gasteiger partial charge on any atom is 0.146 e. The van der Waals surface area contributed by atoms with Crippen LogP contribution in [0.5, 0.6) is 5.75 Å². The molecule has 0 spiro atoms. The summed E-state index contributed by atoms with van der Waals surface area (Å²) in [6.45, 7) is 4.09. The Kier molecular flexibility index (Phi) is 4.22. The van der Waals surface area contributed by atoms with Crippen LogP contribution < -0.4 is 10.1 Å². The van der Waals surface area contributed by atoms with E-state index in [9.17, 15) is 4.79 Å². The number of thiophene rings is 1. The maximum atomic E-state index is 11.3. The van der Waals surface area contributed by atoms with E-state index in [0.29, 0.717) is 0 Å². The Bertz CT molecular complexity index is 560. The van der Waals surface area contributed by atoms with Crippen LogP contribution in [0.25, 0.3) is 0 Å². The molecule has 19 heavy (non-hydrogen) atoms. The monoisotopic (exact) mass is 275 g/mol. The molecule has 4 heteroatoms. The van der Waals surface area contributed by atoms with Gasteiger partial charge in [0, 0.05) is 15.4 Å². The highest BCUT2D eigenvalue weighted by molar-refractivity contribution is 7.12. The number of hydrogen-bond acceptors (Lipinski definition) is 4. The summed E-state index contributed by atoms with van der Waals surface area (Å²) in [5.74, 6) is 0.802. The molecule has 0 aliphatic heterocycles. The van der Waals surface area contributed by atoms with E-state index in [2.05, 4.69) is 18.3 Å². The van der Waals surface area contributed by atoms with E-state index in [4.69, 9.17) is 4.74 Å². The van der Waals surface area contributed by atoms with Crippen molar-refractivity contribution in [2.45, 2.75) is 19.9 Å². The van der Waals surface area contributed by atoms with Crippen LogP contribution in [-0.2, 0) is 4.79 Å². The summed E-state index contributed by atoms with van der Waals surface area (Å²) in [6.07, 6.45) is 0.943. The molecule has 0 saturated heterocycles. The number of nitrogens with one attached hydrogen (secondary N) is 1. The predicted molar refractivity (Wildman–Crippen MR) is 79.2 cm³/mol. The highest BCUT2D eigenvalue weighted by atomic mass is 32.1. The molecule has 1 N–H and O–H groups in total. The number of ether oxygens (including phenoxy) is 1. The molecule has 3 nitrogen and oxygen atoms in total. The molecule has 0 fully saturated rings. The highest BCUT2D eigenvalue weighted by Gasteiger charge is 2.15. The van der Waals surface area contributed by atoms with Crippen LogP contribution in [0, 0.1) is 13.8 Å². The third-order valence-corrected chi connectivity index (χ3v) is 3.94. The molecule has 1 aromatic carbocycles. The molecule has 100 valence electrons. The molecule has 1 unspecified atom stereocenters. The molecule has 1 atom stereocenters. The first-order valence-electron chi connectivity index (χ1n) is 6.07. The first-order chi connectivity index (χ1) is 9.13. The van der Waals surface area contributed by atoms with Gasteiger partial charge in [-0.2, -0.15) is 0 Å². The van der Waals surface area contributed by atoms with E-state index in [1.165, 1.54) is 9.75 Å². The largest absolute Gasteiger partial charge is 0.497 e. The van der Waals surface area contributed by atoms with Gasteiger partial charge in [-0.15, -0.1) is 11.3 Å². The van der Waals surface area contributed by atoms with Crippen LogP contribution >= 0.6 is 11.3 Å². The van der Waals surface area contributed by atoms with Gasteiger partial charge in [0.15, 0.2) is 0 Å². The summed E-state index contributed by atoms with van der Waals surface area (Å²) in [5, 5.41) is 3.23. The first kappa shape index (κ1) is 13.6. The second kappa shape index (κ2) is 5.89. The summed E-state index contributed by atoms with van der Waals surface area (Å²) in [4.78, 5) is 13.7. The number of anilines is 1. The summed E-state index contributed by atoms with van der Waals surface area (Å²) in [7, 11) is 1.63. The molecule has 2 rings (SSSR count). The minimum atomic E-state index is -0.307. The van der Waals surface area contributed by atoms with E-state index in [0.717, 1.165) is 23.3 Å². The number of aryl methyl sites for hydroxylation is 2. The lowest BCUT2D eigenvalue weighted by molar-refractivity contribution is -0.108. The van der Waals surface area contributed by atoms with Crippen LogP contribution in [-0.4, -0.2) is 13.4 Å². The zero-order valence-electron chi connectivity index (χ0n) is 11.3. The van der Waals surface area contributed by atoms with E-state index in [-0.39, 0.29) is 6.04 Å². The van der Waals surface area contributed by atoms with Crippen molar-refractivity contribution in [3.8, 4) is 5.75 Å². The van der Waals surface area contributed by atoms with Crippen molar-refractivity contribution in [2.75, 3.05) is 12.4 Å². The summed E-state index contributed by atoms with van der Waals surface area (Å²) >= 11 is 1.71. The number of carbonyl (C=O) groups is 1. The average molecular weight is 275 g/mol. The normalized spacial score (nSPS) is 11.9. The molecular formula is C15H17NO2S. The lowest BCUT2D eigenvalue weighted by Crippen LogP contribution is -2.12. The number of methoxy groups -OCH3 is 1. The molecule has 1 heterocycles. The Morgan fingerprint density at radius 2 is 1.95 bits per heavy atom. The second-order valence-corrected chi connectivity index (χ2v) is 5.82. The fraction of sp³-hybridized carbons (Fsp3) is 0.267. The van der Waals surface area contributed by atoms with Crippen LogP contribution in [0.15, 0.2) is 30.3 Å². The zero-order valence-corrected chi connectivity index (χ0v) is 12.1. The highest BCUT2D eigenvalue weighted by Crippen LogP contribution is 2.28. The topological polar surface area (TPSA) is 38.3 Å². The lowest BCUT2D eigenvalue weighted by Gasteiger charge is -2.14. The van der Waals surface area contributed by atoms with Gasteiger partial charge in [0.25, 0.3) is 0 Å². The molecule has 0 aliphatic rings. The van der Waals surface area contributed by atoms with E-state index in [1.807, 2.05) is 31.2 Å². The second-order valence-electron chi connectivity index (χ2n) is 4.36. The van der Waals surface area contributed by atoms with Crippen molar-refractivity contribution in [1.82, 2.24) is 0 Å². The molecule has 0 radical (unpaired) electrons. The number of carbonyl (C=O) groups excluding carboxylic acids is 1. The van der Waals surface area contributed by atoms with Crippen LogP contribution in [0.3, 0.4) is 0 Å². The summed E-state index contributed by atoms with van der Waals surface area (Å²) < 4.78 is 5.11. The fourth-order valence-electron chi connectivity index (χ4n) is 2.01. The minimum absolute atomic E-state index is 0.307. The summed E-state index contributed by atoms with van der Waals surface area (Å²) in [6, 6.07) is 9.31. The molecule has 0 saturated carbocycles. The van der Waals surface area contributed by atoms with Gasteiger partial charge in [-0.05, 0) is 49.7 Å². The van der Waals surface area contributed by atoms with Gasteiger partial charge in [0.1, 0.15) is 18.1 Å². The van der Waals surface area contributed by atoms with Gasteiger partial charge in [-0.1, -0.05) is 0 Å². The van der Waals surface area contributed by atoms with E-state index >= 15 is 0 Å². The van der Waals surface area contributed by atoms with Gasteiger partial charge in [0.2, 0.25) is 0 Å². The van der Waals surface area contributed by atoms with Gasteiger partial charge >= 0.3 is 0 Å². The number of aldehydes is 1. The average Bonchev–Trinajstić information content (AvgIpc) is 2.75. The Morgan fingerprint density at radius 1 is 1.26 bits per heavy atom. The van der Waals surface area contributed by atoms with Crippen molar-refractivity contribution in [2.24, 2.45) is 0 Å². The van der Waals surface area contributed by atoms with Crippen molar-refractivity contribution in [1.29, 1.82) is 0 Å². The third kappa shape index (κ3) is 3.15. The predicted octanol–water partition coefficient (Wildman–Crippen LogP) is 3.73. The number of hydrogen-bond donors (Lipinski definition) is 1. The maximum absolute atomic E-state index is 11.3. The van der Waals surface area contributed by atoms with Crippen molar-refractivity contribution in [3.05, 3.63) is 45.6 Å². The molecule has 1 aromatic heterocycles. The Hall–Kier alpha value is -1.81. The number of rotatable bonds is 5. The number of benzene rings is 1. The van der Waals surface area contributed by atoms with Gasteiger partial charge in [-0.3, -0.25) is 0 Å². The van der Waals surface area contributed by atoms with Crippen molar-refractivity contribution < 1.29 is 9.53 Å². The van der Waals surface area contributed by atoms with Gasteiger partial charge in [0.05, 0.1) is 7.11 Å². The Morgan fingerprint density at radius 3 is 2.42 bits per heavy atom. The molecule has 2 aromatic rings. The van der Waals surface area contributed by atoms with E-state index in [1.54, 1.807) is 18.4 Å². The molecule has 0 amide bonds. The standard InChI is InChI=1S/C15H17NO2S/c1-10-8-14(11(2)19-10)15(9-17)16-12-4-6-13(18-3)7-5-12/h4-9,15-16H,1-3H3. The van der Waals surface area contributed by atoms with Crippen LogP contribution in [0.1, 0.15) is 21.4 Å². The van der Waals surface area contributed by atoms with E-state index < -0.39 is 0 Å². The fourth-order valence-corrected chi connectivity index (χ4v) is 2.98. The SMILES string of the molecule is COc1ccc(NC(C=O)c2cc(C)sc2C)cc1. The van der Waals surface area contributed by atoms with Crippen molar-refractivity contribution >= 4 is 23.3 Å². The Labute approximate surface area is 117 Å². The first-order valence-corrected chi connectivity index (χ1v) is 6.88. The van der Waals surface area contributed by atoms with Gasteiger partial charge in [-0.25, -0.2) is 0 Å². The Balaban J connectivity index is 2.18. The quantitative estimate of drug-likeness (QED) is 0.845. The smallest absolute Gasteiger partial charge is 0.146 e. The minimum Gasteiger partial charge on any atom is -0.497 e. The third-order valence-electron chi connectivity index (χ3n) is 2.96. The van der Waals surface area contributed by atoms with Gasteiger partial charge < -0.3 is 14.8 Å². The molecule has 0 bridgehead atoms. The van der Waals surface area contributed by atoms with Crippen molar-refractivity contribution in [3.63, 3.8) is 0 Å². The van der Waals surface area contributed by atoms with Crippen LogP contribution in [0.2, 0.25) is 0 Å².